The number of carboxylic acid groups (broad SMARTS) is 1. The van der Waals surface area contributed by atoms with Gasteiger partial charge < -0.3 is 34.7 Å². The highest BCUT2D eigenvalue weighted by molar-refractivity contribution is 5.72. The molecule has 1 rings (SSSR count). The standard InChI is InChI=1S/C13H26N2O6/c16-13(17)12-11-20-7-3-14-1-5-18-9-10-19-6-2-15-4-8-21-12/h12,14-15H,1-11H2,(H,16,17). The zero-order valence-electron chi connectivity index (χ0n) is 12.3. The number of rotatable bonds is 1. The molecule has 0 amide bonds. The second-order valence-corrected chi connectivity index (χ2v) is 4.50. The number of carboxylic acids is 1. The summed E-state index contributed by atoms with van der Waals surface area (Å²) < 4.78 is 21.3. The number of nitrogens with one attached hydrogen (secondary N) is 2. The van der Waals surface area contributed by atoms with Crippen LogP contribution in [-0.4, -0.2) is 89.6 Å². The molecule has 0 spiro atoms. The molecule has 0 aliphatic carbocycles. The van der Waals surface area contributed by atoms with Crippen LogP contribution in [0, 0.1) is 0 Å². The molecule has 0 aromatic heterocycles. The highest BCUT2D eigenvalue weighted by Crippen LogP contribution is 1.94. The van der Waals surface area contributed by atoms with Crippen LogP contribution in [0.5, 0.6) is 0 Å². The fraction of sp³-hybridized carbons (Fsp3) is 0.923. The van der Waals surface area contributed by atoms with E-state index in [4.69, 9.17) is 24.1 Å². The minimum Gasteiger partial charge on any atom is -0.479 e. The second kappa shape index (κ2) is 12.9. The molecule has 1 saturated heterocycles. The lowest BCUT2D eigenvalue weighted by Gasteiger charge is -2.15. The third-order valence-corrected chi connectivity index (χ3v) is 2.78. The van der Waals surface area contributed by atoms with Crippen LogP contribution < -0.4 is 10.6 Å². The molecule has 124 valence electrons. The molecular weight excluding hydrogens is 280 g/mol. The van der Waals surface area contributed by atoms with E-state index in [0.29, 0.717) is 59.3 Å². The van der Waals surface area contributed by atoms with E-state index in [1.165, 1.54) is 0 Å². The molecule has 21 heavy (non-hydrogen) atoms. The van der Waals surface area contributed by atoms with Crippen LogP contribution in [0.3, 0.4) is 0 Å². The molecule has 0 aromatic carbocycles. The SMILES string of the molecule is O=C(O)C1COCCNCCOCCOCCNCCO1. The maximum atomic E-state index is 11.0. The third kappa shape index (κ3) is 10.6. The fourth-order valence-corrected chi connectivity index (χ4v) is 1.66. The number of aliphatic carboxylic acids is 1. The lowest BCUT2D eigenvalue weighted by molar-refractivity contribution is -0.154. The van der Waals surface area contributed by atoms with Gasteiger partial charge in [-0.05, 0) is 0 Å². The van der Waals surface area contributed by atoms with E-state index in [-0.39, 0.29) is 6.61 Å². The van der Waals surface area contributed by atoms with Crippen LogP contribution in [0.15, 0.2) is 0 Å². The summed E-state index contributed by atoms with van der Waals surface area (Å²) in [6.45, 7) is 5.81. The molecule has 1 atom stereocenters. The number of hydrogen-bond donors (Lipinski definition) is 3. The molecule has 1 aliphatic heterocycles. The Labute approximate surface area is 125 Å². The van der Waals surface area contributed by atoms with Crippen molar-refractivity contribution < 1.29 is 28.8 Å². The van der Waals surface area contributed by atoms with E-state index in [1.807, 2.05) is 0 Å². The Kier molecular flexibility index (Phi) is 11.3. The first-order valence-electron chi connectivity index (χ1n) is 7.30. The van der Waals surface area contributed by atoms with Crippen molar-refractivity contribution in [1.82, 2.24) is 10.6 Å². The van der Waals surface area contributed by atoms with Crippen LogP contribution in [-0.2, 0) is 23.7 Å². The van der Waals surface area contributed by atoms with Gasteiger partial charge in [0.2, 0.25) is 0 Å². The number of ether oxygens (including phenoxy) is 4. The Morgan fingerprint density at radius 2 is 1.33 bits per heavy atom. The lowest BCUT2D eigenvalue weighted by atomic mass is 10.4. The first-order chi connectivity index (χ1) is 10.3. The molecule has 0 radical (unpaired) electrons. The van der Waals surface area contributed by atoms with Gasteiger partial charge in [0.25, 0.3) is 0 Å². The van der Waals surface area contributed by atoms with Crippen LogP contribution in [0.1, 0.15) is 0 Å². The van der Waals surface area contributed by atoms with Crippen molar-refractivity contribution in [2.45, 2.75) is 6.10 Å². The molecule has 3 N–H and O–H groups in total. The van der Waals surface area contributed by atoms with Gasteiger partial charge in [0.15, 0.2) is 6.10 Å². The monoisotopic (exact) mass is 306 g/mol. The van der Waals surface area contributed by atoms with Gasteiger partial charge in [-0.1, -0.05) is 0 Å². The topological polar surface area (TPSA) is 98.3 Å². The maximum Gasteiger partial charge on any atom is 0.335 e. The van der Waals surface area contributed by atoms with Crippen molar-refractivity contribution in [2.75, 3.05) is 72.4 Å². The molecule has 1 heterocycles. The Bertz CT molecular complexity index is 249. The van der Waals surface area contributed by atoms with Gasteiger partial charge in [0.05, 0.1) is 46.2 Å². The second-order valence-electron chi connectivity index (χ2n) is 4.50. The van der Waals surface area contributed by atoms with Gasteiger partial charge in [-0.3, -0.25) is 0 Å². The van der Waals surface area contributed by atoms with Crippen molar-refractivity contribution in [2.24, 2.45) is 0 Å². The summed E-state index contributed by atoms with van der Waals surface area (Å²) in [5.74, 6) is -1.01. The first-order valence-corrected chi connectivity index (χ1v) is 7.30. The van der Waals surface area contributed by atoms with E-state index < -0.39 is 12.1 Å². The van der Waals surface area contributed by atoms with Crippen molar-refractivity contribution in [3.05, 3.63) is 0 Å². The normalized spacial score (nSPS) is 25.6. The average molecular weight is 306 g/mol. The molecule has 0 bridgehead atoms. The Morgan fingerprint density at radius 3 is 1.90 bits per heavy atom. The van der Waals surface area contributed by atoms with E-state index >= 15 is 0 Å². The van der Waals surface area contributed by atoms with Crippen LogP contribution in [0.2, 0.25) is 0 Å². The summed E-state index contributed by atoms with van der Waals surface area (Å²) in [6, 6.07) is 0. The van der Waals surface area contributed by atoms with Gasteiger partial charge in [0.1, 0.15) is 0 Å². The average Bonchev–Trinajstić information content (AvgIpc) is 2.47. The minimum atomic E-state index is -1.01. The van der Waals surface area contributed by atoms with Crippen molar-refractivity contribution in [3.8, 4) is 0 Å². The zero-order chi connectivity index (χ0) is 15.2. The van der Waals surface area contributed by atoms with E-state index in [9.17, 15) is 4.79 Å². The summed E-state index contributed by atoms with van der Waals surface area (Å²) in [5.41, 5.74) is 0. The van der Waals surface area contributed by atoms with Gasteiger partial charge in [-0.15, -0.1) is 0 Å². The first kappa shape index (κ1) is 18.3. The Morgan fingerprint density at radius 1 is 0.810 bits per heavy atom. The maximum absolute atomic E-state index is 11.0. The molecule has 0 saturated carbocycles. The largest absolute Gasteiger partial charge is 0.479 e. The summed E-state index contributed by atoms with van der Waals surface area (Å²) in [4.78, 5) is 11.0. The third-order valence-electron chi connectivity index (χ3n) is 2.78. The zero-order valence-corrected chi connectivity index (χ0v) is 12.3. The predicted octanol–water partition coefficient (Wildman–Crippen LogP) is -1.30. The quantitative estimate of drug-likeness (QED) is 0.550. The number of hydrogen-bond acceptors (Lipinski definition) is 7. The van der Waals surface area contributed by atoms with Crippen LogP contribution in [0.4, 0.5) is 0 Å². The van der Waals surface area contributed by atoms with Crippen molar-refractivity contribution >= 4 is 5.97 Å². The molecule has 0 aromatic rings. The molecule has 8 nitrogen and oxygen atoms in total. The smallest absolute Gasteiger partial charge is 0.335 e. The van der Waals surface area contributed by atoms with Crippen molar-refractivity contribution in [1.29, 1.82) is 0 Å². The summed E-state index contributed by atoms with van der Waals surface area (Å²) in [7, 11) is 0. The minimum absolute atomic E-state index is 0.0522. The molecule has 1 fully saturated rings. The van der Waals surface area contributed by atoms with Gasteiger partial charge in [0, 0.05) is 26.2 Å². The van der Waals surface area contributed by atoms with Gasteiger partial charge in [-0.25, -0.2) is 4.79 Å². The van der Waals surface area contributed by atoms with Gasteiger partial charge >= 0.3 is 5.97 Å². The Hall–Kier alpha value is -0.770. The Balaban J connectivity index is 2.23. The molecule has 8 heteroatoms. The van der Waals surface area contributed by atoms with Gasteiger partial charge in [-0.2, -0.15) is 0 Å². The van der Waals surface area contributed by atoms with Crippen LogP contribution >= 0.6 is 0 Å². The highest BCUT2D eigenvalue weighted by atomic mass is 16.5. The summed E-state index contributed by atoms with van der Waals surface area (Å²) in [5, 5.41) is 15.3. The molecular formula is C13H26N2O6. The van der Waals surface area contributed by atoms with E-state index in [0.717, 1.165) is 6.54 Å². The van der Waals surface area contributed by atoms with E-state index in [1.54, 1.807) is 0 Å². The predicted molar refractivity (Wildman–Crippen MR) is 75.6 cm³/mol. The highest BCUT2D eigenvalue weighted by Gasteiger charge is 2.17. The fourth-order valence-electron chi connectivity index (χ4n) is 1.66. The van der Waals surface area contributed by atoms with E-state index in [2.05, 4.69) is 10.6 Å². The summed E-state index contributed by atoms with van der Waals surface area (Å²) in [6.07, 6.45) is -0.926. The lowest BCUT2D eigenvalue weighted by Crippen LogP contribution is -2.34. The van der Waals surface area contributed by atoms with Crippen molar-refractivity contribution in [3.63, 3.8) is 0 Å². The summed E-state index contributed by atoms with van der Waals surface area (Å²) >= 11 is 0. The number of carbonyl (C=O) groups is 1. The molecule has 1 aliphatic rings. The molecule has 1 unspecified atom stereocenters. The van der Waals surface area contributed by atoms with Crippen LogP contribution in [0.25, 0.3) is 0 Å².